The molecule has 0 spiro atoms. The molecular weight excluding hydrogens is 224 g/mol. The van der Waals surface area contributed by atoms with Crippen LogP contribution in [0.3, 0.4) is 0 Å². The van der Waals surface area contributed by atoms with Gasteiger partial charge in [0.25, 0.3) is 0 Å². The van der Waals surface area contributed by atoms with Gasteiger partial charge in [-0.15, -0.1) is 0 Å². The molecule has 0 aromatic heterocycles. The molecule has 0 saturated carbocycles. The Hall–Kier alpha value is -0.790. The molecule has 0 bridgehead atoms. The molecule has 0 saturated heterocycles. The van der Waals surface area contributed by atoms with Gasteiger partial charge in [-0.25, -0.2) is 4.79 Å². The van der Waals surface area contributed by atoms with E-state index in [9.17, 15) is 4.79 Å². The van der Waals surface area contributed by atoms with Gasteiger partial charge in [-0.05, 0) is 18.8 Å². The lowest BCUT2D eigenvalue weighted by Crippen LogP contribution is -2.03. The molecule has 0 aromatic rings. The fraction of sp³-hybridized carbons (Fsp3) is 0.812. The maximum atomic E-state index is 11.1. The van der Waals surface area contributed by atoms with Gasteiger partial charge in [-0.3, -0.25) is 0 Å². The summed E-state index contributed by atoms with van der Waals surface area (Å²) in [5, 5.41) is 0. The van der Waals surface area contributed by atoms with E-state index in [-0.39, 0.29) is 5.97 Å². The zero-order valence-electron chi connectivity index (χ0n) is 12.5. The number of carbonyl (C=O) groups excluding carboxylic acids is 1. The third-order valence-corrected chi connectivity index (χ3v) is 3.23. The summed E-state index contributed by atoms with van der Waals surface area (Å²) in [6, 6.07) is 0. The molecule has 0 atom stereocenters. The van der Waals surface area contributed by atoms with E-state index in [0.29, 0.717) is 5.57 Å². The van der Waals surface area contributed by atoms with Gasteiger partial charge < -0.3 is 4.74 Å². The number of esters is 1. The van der Waals surface area contributed by atoms with E-state index in [0.717, 1.165) is 18.8 Å². The highest BCUT2D eigenvalue weighted by Gasteiger charge is 2.05. The minimum absolute atomic E-state index is 0.260. The molecule has 2 nitrogen and oxygen atoms in total. The highest BCUT2D eigenvalue weighted by atomic mass is 16.5. The van der Waals surface area contributed by atoms with Crippen molar-refractivity contribution in [3.8, 4) is 0 Å². The molecule has 0 radical (unpaired) electrons. The van der Waals surface area contributed by atoms with E-state index in [2.05, 4.69) is 25.2 Å². The number of rotatable bonds is 11. The molecule has 0 fully saturated rings. The van der Waals surface area contributed by atoms with E-state index >= 15 is 0 Å². The molecule has 0 N–H and O–H groups in total. The normalized spacial score (nSPS) is 10.7. The molecule has 2 heteroatoms. The van der Waals surface area contributed by atoms with E-state index < -0.39 is 0 Å². The maximum Gasteiger partial charge on any atom is 0.333 e. The van der Waals surface area contributed by atoms with Gasteiger partial charge in [0.1, 0.15) is 0 Å². The van der Waals surface area contributed by atoms with Gasteiger partial charge in [0.15, 0.2) is 0 Å². The predicted octanol–water partition coefficient (Wildman–Crippen LogP) is 4.88. The Balaban J connectivity index is 3.21. The Morgan fingerprint density at radius 3 is 2.00 bits per heavy atom. The summed E-state index contributed by atoms with van der Waals surface area (Å²) in [6.07, 6.45) is 11.1. The molecule has 0 unspecified atom stereocenters. The minimum atomic E-state index is -0.260. The molecule has 0 rings (SSSR count). The molecule has 0 aliphatic heterocycles. The summed E-state index contributed by atoms with van der Waals surface area (Å²) in [6.45, 7) is 8.30. The second-order valence-corrected chi connectivity index (χ2v) is 5.50. The lowest BCUT2D eigenvalue weighted by Gasteiger charge is -2.05. The summed E-state index contributed by atoms with van der Waals surface area (Å²) in [5.41, 5.74) is 0.606. The molecular formula is C16H30O2. The van der Waals surface area contributed by atoms with E-state index in [1.165, 1.54) is 52.1 Å². The first kappa shape index (κ1) is 17.2. The number of hydrogen-bond donors (Lipinski definition) is 0. The Bertz CT molecular complexity index is 231. The first-order valence-electron chi connectivity index (χ1n) is 7.34. The summed E-state index contributed by atoms with van der Waals surface area (Å²) >= 11 is 0. The lowest BCUT2D eigenvalue weighted by molar-refractivity contribution is -0.136. The third-order valence-electron chi connectivity index (χ3n) is 3.23. The Morgan fingerprint density at radius 1 is 1.00 bits per heavy atom. The Kier molecular flexibility index (Phi) is 10.8. The molecule has 0 aliphatic rings. The Morgan fingerprint density at radius 2 is 1.50 bits per heavy atom. The van der Waals surface area contributed by atoms with Crippen LogP contribution in [0, 0.1) is 5.92 Å². The van der Waals surface area contributed by atoms with Crippen LogP contribution in [0.25, 0.3) is 0 Å². The summed E-state index contributed by atoms with van der Waals surface area (Å²) in [7, 11) is 1.41. The maximum absolute atomic E-state index is 11.1. The van der Waals surface area contributed by atoms with Gasteiger partial charge in [0, 0.05) is 5.57 Å². The van der Waals surface area contributed by atoms with Crippen molar-refractivity contribution in [2.45, 2.75) is 71.6 Å². The Labute approximate surface area is 113 Å². The smallest absolute Gasteiger partial charge is 0.333 e. The van der Waals surface area contributed by atoms with E-state index in [1.54, 1.807) is 0 Å². The SMILES string of the molecule is C=C(CCCCCCCCCC(C)C)C(=O)OC. The molecule has 0 aliphatic carbocycles. The monoisotopic (exact) mass is 254 g/mol. The molecule has 0 heterocycles. The average Bonchev–Trinajstić information content (AvgIpc) is 2.35. The second-order valence-electron chi connectivity index (χ2n) is 5.50. The quantitative estimate of drug-likeness (QED) is 0.298. The van der Waals surface area contributed by atoms with Crippen molar-refractivity contribution in [2.24, 2.45) is 5.92 Å². The van der Waals surface area contributed by atoms with Crippen molar-refractivity contribution < 1.29 is 9.53 Å². The van der Waals surface area contributed by atoms with Gasteiger partial charge in [-0.2, -0.15) is 0 Å². The van der Waals surface area contributed by atoms with E-state index in [4.69, 9.17) is 0 Å². The first-order chi connectivity index (χ1) is 8.57. The van der Waals surface area contributed by atoms with Crippen LogP contribution in [0.2, 0.25) is 0 Å². The van der Waals surface area contributed by atoms with Gasteiger partial charge >= 0.3 is 5.97 Å². The number of unbranched alkanes of at least 4 members (excludes halogenated alkanes) is 6. The average molecular weight is 254 g/mol. The zero-order chi connectivity index (χ0) is 13.8. The van der Waals surface area contributed by atoms with Crippen LogP contribution in [0.4, 0.5) is 0 Å². The fourth-order valence-corrected chi connectivity index (χ4v) is 2.02. The van der Waals surface area contributed by atoms with Crippen LogP contribution in [0.5, 0.6) is 0 Å². The lowest BCUT2D eigenvalue weighted by atomic mass is 10.0. The van der Waals surface area contributed by atoms with E-state index in [1.807, 2.05) is 0 Å². The minimum Gasteiger partial charge on any atom is -0.466 e. The molecule has 106 valence electrons. The van der Waals surface area contributed by atoms with Crippen LogP contribution in [-0.2, 0) is 9.53 Å². The number of carbonyl (C=O) groups is 1. The van der Waals surface area contributed by atoms with Crippen LogP contribution in [-0.4, -0.2) is 13.1 Å². The van der Waals surface area contributed by atoms with Gasteiger partial charge in [0.05, 0.1) is 7.11 Å². The predicted molar refractivity (Wildman–Crippen MR) is 77.5 cm³/mol. The first-order valence-corrected chi connectivity index (χ1v) is 7.34. The summed E-state index contributed by atoms with van der Waals surface area (Å²) < 4.78 is 4.62. The standard InChI is InChI=1S/C16H30O2/c1-14(2)12-10-8-6-5-7-9-11-13-15(3)16(17)18-4/h14H,3,5-13H2,1-2,4H3. The topological polar surface area (TPSA) is 26.3 Å². The molecule has 18 heavy (non-hydrogen) atoms. The third kappa shape index (κ3) is 10.4. The van der Waals surface area contributed by atoms with Crippen molar-refractivity contribution in [2.75, 3.05) is 7.11 Å². The number of methoxy groups -OCH3 is 1. The summed E-state index contributed by atoms with van der Waals surface area (Å²) in [5.74, 6) is 0.581. The van der Waals surface area contributed by atoms with Crippen molar-refractivity contribution in [1.82, 2.24) is 0 Å². The van der Waals surface area contributed by atoms with Gasteiger partial charge in [-0.1, -0.05) is 65.4 Å². The van der Waals surface area contributed by atoms with Crippen LogP contribution in [0.1, 0.15) is 71.6 Å². The number of hydrogen-bond acceptors (Lipinski definition) is 2. The second kappa shape index (κ2) is 11.3. The molecule has 0 amide bonds. The van der Waals surface area contributed by atoms with Crippen LogP contribution < -0.4 is 0 Å². The summed E-state index contributed by atoms with van der Waals surface area (Å²) in [4.78, 5) is 11.1. The van der Waals surface area contributed by atoms with Crippen molar-refractivity contribution >= 4 is 5.97 Å². The van der Waals surface area contributed by atoms with Crippen molar-refractivity contribution in [3.05, 3.63) is 12.2 Å². The highest BCUT2D eigenvalue weighted by molar-refractivity contribution is 5.87. The van der Waals surface area contributed by atoms with Crippen LogP contribution in [0.15, 0.2) is 12.2 Å². The van der Waals surface area contributed by atoms with Crippen LogP contribution >= 0.6 is 0 Å². The van der Waals surface area contributed by atoms with Crippen molar-refractivity contribution in [1.29, 1.82) is 0 Å². The molecule has 0 aromatic carbocycles. The highest BCUT2D eigenvalue weighted by Crippen LogP contribution is 2.14. The zero-order valence-corrected chi connectivity index (χ0v) is 12.5. The van der Waals surface area contributed by atoms with Gasteiger partial charge in [0.2, 0.25) is 0 Å². The fourth-order valence-electron chi connectivity index (χ4n) is 2.02. The van der Waals surface area contributed by atoms with Crippen molar-refractivity contribution in [3.63, 3.8) is 0 Å². The number of ether oxygens (including phenoxy) is 1. The largest absolute Gasteiger partial charge is 0.466 e.